The van der Waals surface area contributed by atoms with Crippen LogP contribution in [0, 0.1) is 23.7 Å². The smallest absolute Gasteiger partial charge is 0.238 e. The van der Waals surface area contributed by atoms with Crippen LogP contribution in [0.2, 0.25) is 5.02 Å². The number of fused-ring (bicyclic) bond motifs is 5. The molecule has 168 valence electrons. The van der Waals surface area contributed by atoms with Gasteiger partial charge >= 0.3 is 0 Å². The molecule has 4 nitrogen and oxygen atoms in total. The molecule has 6 rings (SSSR count). The number of carbonyl (C=O) groups is 2. The maximum Gasteiger partial charge on any atom is 0.238 e. The number of carbonyl (C=O) groups excluding carboxylic acids is 2. The molecule has 0 radical (unpaired) electrons. The third-order valence-electron chi connectivity index (χ3n) is 7.21. The molecule has 1 saturated carbocycles. The summed E-state index contributed by atoms with van der Waals surface area (Å²) < 4.78 is 5.45. The molecule has 2 fully saturated rings. The van der Waals surface area contributed by atoms with Crippen molar-refractivity contribution in [1.82, 2.24) is 0 Å². The number of halogens is 1. The van der Waals surface area contributed by atoms with Crippen LogP contribution in [-0.4, -0.2) is 18.9 Å². The van der Waals surface area contributed by atoms with E-state index in [1.165, 1.54) is 12.0 Å². The average Bonchev–Trinajstić information content (AvgIpc) is 3.50. The lowest BCUT2D eigenvalue weighted by Gasteiger charge is -2.22. The summed E-state index contributed by atoms with van der Waals surface area (Å²) in [5.74, 6) is -1.03. The highest BCUT2D eigenvalue weighted by Gasteiger charge is 2.62. The third-order valence-corrected chi connectivity index (χ3v) is 7.45. The molecule has 0 unspecified atom stereocenters. The van der Waals surface area contributed by atoms with Crippen LogP contribution in [0.4, 0.5) is 5.69 Å². The second-order valence-electron chi connectivity index (χ2n) is 8.88. The fourth-order valence-corrected chi connectivity index (χ4v) is 6.05. The fraction of sp³-hybridized carbons (Fsp3) is 0.172. The summed E-state index contributed by atoms with van der Waals surface area (Å²) in [7, 11) is 1.52. The van der Waals surface area contributed by atoms with Crippen LogP contribution in [0.15, 0.2) is 96.6 Å². The van der Waals surface area contributed by atoms with E-state index in [-0.39, 0.29) is 23.7 Å². The van der Waals surface area contributed by atoms with Gasteiger partial charge in [0.2, 0.25) is 11.8 Å². The van der Waals surface area contributed by atoms with Crippen molar-refractivity contribution in [3.8, 4) is 5.75 Å². The van der Waals surface area contributed by atoms with Gasteiger partial charge in [-0.05, 0) is 40.5 Å². The number of nitrogens with zero attached hydrogens (tertiary/aromatic N) is 1. The molecule has 0 spiro atoms. The molecule has 3 aromatic carbocycles. The second kappa shape index (κ2) is 8.00. The van der Waals surface area contributed by atoms with Gasteiger partial charge in [0.05, 0.1) is 24.6 Å². The van der Waals surface area contributed by atoms with E-state index in [0.717, 1.165) is 22.3 Å². The lowest BCUT2D eigenvalue weighted by molar-refractivity contribution is -0.123. The van der Waals surface area contributed by atoms with Crippen LogP contribution in [-0.2, 0) is 9.59 Å². The number of benzene rings is 3. The summed E-state index contributed by atoms with van der Waals surface area (Å²) in [4.78, 5) is 28.8. The SMILES string of the molecule is COc1ccc(Cl)cc1N1C(=O)[C@@H]2[C@H](C1=O)[C@@H]1C=C[C@H]2C1=C(c1ccccc1)c1ccccc1. The minimum absolute atomic E-state index is 0.128. The standard InChI is InChI=1S/C29H22ClNO3/c1-34-23-15-12-19(30)16-22(23)31-28(32)26-20-13-14-21(27(26)29(31)33)25(20)24(17-8-4-2-5-9-17)18-10-6-3-7-11-18/h2-16,20-21,26-27H,1H3/t20-,21+,26-,27+. The summed E-state index contributed by atoms with van der Waals surface area (Å²) >= 11 is 6.21. The fourth-order valence-electron chi connectivity index (χ4n) is 5.88. The average molecular weight is 468 g/mol. The molecule has 3 aromatic rings. The van der Waals surface area contributed by atoms with Crippen molar-refractivity contribution in [3.05, 3.63) is 113 Å². The van der Waals surface area contributed by atoms with Gasteiger partial charge in [-0.15, -0.1) is 0 Å². The first-order chi connectivity index (χ1) is 16.6. The van der Waals surface area contributed by atoms with Crippen LogP contribution >= 0.6 is 11.6 Å². The van der Waals surface area contributed by atoms with Crippen molar-refractivity contribution in [2.45, 2.75) is 0 Å². The molecule has 1 saturated heterocycles. The molecule has 3 aliphatic rings. The van der Waals surface area contributed by atoms with E-state index in [1.54, 1.807) is 18.2 Å². The van der Waals surface area contributed by atoms with Gasteiger partial charge < -0.3 is 4.74 Å². The van der Waals surface area contributed by atoms with Gasteiger partial charge in [-0.3, -0.25) is 9.59 Å². The number of hydrogen-bond acceptors (Lipinski definition) is 3. The monoisotopic (exact) mass is 467 g/mol. The van der Waals surface area contributed by atoms with E-state index in [0.29, 0.717) is 16.5 Å². The number of imide groups is 1. The minimum atomic E-state index is -0.427. The van der Waals surface area contributed by atoms with Crippen LogP contribution in [0.25, 0.3) is 5.57 Å². The Morgan fingerprint density at radius 3 is 1.82 bits per heavy atom. The molecule has 5 heteroatoms. The van der Waals surface area contributed by atoms with E-state index >= 15 is 0 Å². The van der Waals surface area contributed by atoms with Gasteiger partial charge in [0.15, 0.2) is 0 Å². The summed E-state index contributed by atoms with van der Waals surface area (Å²) in [6.45, 7) is 0. The number of anilines is 1. The molecule has 1 heterocycles. The number of amides is 2. The van der Waals surface area contributed by atoms with E-state index in [1.807, 2.05) is 36.4 Å². The first-order valence-electron chi connectivity index (χ1n) is 11.3. The Labute approximate surface area is 203 Å². The summed E-state index contributed by atoms with van der Waals surface area (Å²) in [6, 6.07) is 25.5. The Balaban J connectivity index is 1.49. The third kappa shape index (κ3) is 2.99. The molecule has 2 bridgehead atoms. The number of methoxy groups -OCH3 is 1. The Bertz CT molecular complexity index is 1290. The predicted molar refractivity (Wildman–Crippen MR) is 133 cm³/mol. The van der Waals surface area contributed by atoms with Crippen molar-refractivity contribution in [3.63, 3.8) is 0 Å². The normalized spacial score (nSPS) is 24.6. The van der Waals surface area contributed by atoms with E-state index in [2.05, 4.69) is 36.4 Å². The minimum Gasteiger partial charge on any atom is -0.495 e. The van der Waals surface area contributed by atoms with Crippen LogP contribution in [0.5, 0.6) is 5.75 Å². The Morgan fingerprint density at radius 2 is 1.32 bits per heavy atom. The van der Waals surface area contributed by atoms with Gasteiger partial charge in [-0.1, -0.05) is 84.4 Å². The number of hydrogen-bond donors (Lipinski definition) is 0. The highest BCUT2D eigenvalue weighted by atomic mass is 35.5. The predicted octanol–water partition coefficient (Wildman–Crippen LogP) is 5.77. The lowest BCUT2D eigenvalue weighted by atomic mass is 9.85. The zero-order chi connectivity index (χ0) is 23.4. The van der Waals surface area contributed by atoms with Gasteiger partial charge in [0.1, 0.15) is 5.75 Å². The highest BCUT2D eigenvalue weighted by Crippen LogP contribution is 2.59. The Morgan fingerprint density at radius 1 is 0.794 bits per heavy atom. The van der Waals surface area contributed by atoms with E-state index in [4.69, 9.17) is 16.3 Å². The highest BCUT2D eigenvalue weighted by molar-refractivity contribution is 6.31. The largest absolute Gasteiger partial charge is 0.495 e. The molecule has 0 aromatic heterocycles. The van der Waals surface area contributed by atoms with Gasteiger partial charge in [0.25, 0.3) is 0 Å². The molecule has 1 aliphatic heterocycles. The van der Waals surface area contributed by atoms with Crippen molar-refractivity contribution in [1.29, 1.82) is 0 Å². The summed E-state index contributed by atoms with van der Waals surface area (Å²) in [5.41, 5.74) is 4.87. The second-order valence-corrected chi connectivity index (χ2v) is 9.31. The lowest BCUT2D eigenvalue weighted by Crippen LogP contribution is -2.33. The van der Waals surface area contributed by atoms with Gasteiger partial charge in [-0.2, -0.15) is 0 Å². The Kier molecular flexibility index (Phi) is 4.93. The van der Waals surface area contributed by atoms with Crippen molar-refractivity contribution in [2.24, 2.45) is 23.7 Å². The first-order valence-corrected chi connectivity index (χ1v) is 11.7. The summed E-state index contributed by atoms with van der Waals surface area (Å²) in [6.07, 6.45) is 4.22. The van der Waals surface area contributed by atoms with E-state index < -0.39 is 11.8 Å². The molecule has 4 atom stereocenters. The maximum absolute atomic E-state index is 13.8. The zero-order valence-electron chi connectivity index (χ0n) is 18.5. The molecule has 0 N–H and O–H groups in total. The molecule has 2 amide bonds. The van der Waals surface area contributed by atoms with Crippen molar-refractivity contribution >= 4 is 34.7 Å². The summed E-state index contributed by atoms with van der Waals surface area (Å²) in [5, 5.41) is 0.450. The molecule has 34 heavy (non-hydrogen) atoms. The number of allylic oxidation sites excluding steroid dienone is 3. The Hall–Kier alpha value is -3.63. The molecular formula is C29H22ClNO3. The van der Waals surface area contributed by atoms with Gasteiger partial charge in [-0.25, -0.2) is 4.90 Å². The quantitative estimate of drug-likeness (QED) is 0.361. The maximum atomic E-state index is 13.8. The van der Waals surface area contributed by atoms with Crippen molar-refractivity contribution in [2.75, 3.05) is 12.0 Å². The number of rotatable bonds is 4. The van der Waals surface area contributed by atoms with Crippen LogP contribution in [0.1, 0.15) is 11.1 Å². The molecular weight excluding hydrogens is 446 g/mol. The first kappa shape index (κ1) is 20.9. The van der Waals surface area contributed by atoms with E-state index in [9.17, 15) is 9.59 Å². The molecule has 2 aliphatic carbocycles. The zero-order valence-corrected chi connectivity index (χ0v) is 19.3. The van der Waals surface area contributed by atoms with Gasteiger partial charge in [0, 0.05) is 16.9 Å². The topological polar surface area (TPSA) is 46.6 Å². The van der Waals surface area contributed by atoms with Crippen LogP contribution < -0.4 is 9.64 Å². The number of ether oxygens (including phenoxy) is 1. The van der Waals surface area contributed by atoms with Crippen LogP contribution in [0.3, 0.4) is 0 Å². The van der Waals surface area contributed by atoms with Crippen molar-refractivity contribution < 1.29 is 14.3 Å².